The molecule has 0 radical (unpaired) electrons. The third-order valence-electron chi connectivity index (χ3n) is 12.6. The second kappa shape index (κ2) is 13.0. The Hall–Kier alpha value is -7.52. The molecule has 0 unspecified atom stereocenters. The van der Waals surface area contributed by atoms with Crippen LogP contribution in [0.3, 0.4) is 0 Å². The van der Waals surface area contributed by atoms with Crippen LogP contribution in [-0.2, 0) is 0 Å². The molecule has 13 aromatic rings. The quantitative estimate of drug-likeness (QED) is 0.162. The van der Waals surface area contributed by atoms with Gasteiger partial charge in [-0.05, 0) is 106 Å². The van der Waals surface area contributed by atoms with E-state index in [1.807, 2.05) is 17.4 Å². The highest BCUT2D eigenvalue weighted by Gasteiger charge is 2.22. The van der Waals surface area contributed by atoms with E-state index < -0.39 is 0 Å². The van der Waals surface area contributed by atoms with Crippen molar-refractivity contribution in [3.63, 3.8) is 0 Å². The average molecular weight is 779 g/mol. The Morgan fingerprint density at radius 1 is 0.267 bits per heavy atom. The summed E-state index contributed by atoms with van der Waals surface area (Å²) >= 11 is 1.91. The van der Waals surface area contributed by atoms with E-state index in [-0.39, 0.29) is 0 Å². The van der Waals surface area contributed by atoms with Gasteiger partial charge in [-0.1, -0.05) is 182 Å². The molecule has 13 rings (SSSR count). The van der Waals surface area contributed by atoms with Gasteiger partial charge >= 0.3 is 0 Å². The first-order valence-corrected chi connectivity index (χ1v) is 21.4. The number of hydrogen-bond acceptors (Lipinski definition) is 2. The fourth-order valence-corrected chi connectivity index (χ4v) is 11.4. The van der Waals surface area contributed by atoms with Crippen molar-refractivity contribution in [2.45, 2.75) is 0 Å². The minimum atomic E-state index is 0.911. The summed E-state index contributed by atoms with van der Waals surface area (Å²) in [4.78, 5) is 0. The van der Waals surface area contributed by atoms with E-state index in [1.165, 1.54) is 102 Å². The molecule has 2 heterocycles. The normalized spacial score (nSPS) is 12.0. The lowest BCUT2D eigenvalue weighted by molar-refractivity contribution is 0.669. The van der Waals surface area contributed by atoms with Crippen molar-refractivity contribution in [1.29, 1.82) is 0 Å². The number of hydrogen-bond donors (Lipinski definition) is 0. The molecular weight excluding hydrogens is 745 g/mol. The Morgan fingerprint density at radius 3 is 1.28 bits per heavy atom. The molecule has 0 atom stereocenters. The highest BCUT2D eigenvalue weighted by atomic mass is 32.1. The zero-order chi connectivity index (χ0) is 39.3. The summed E-state index contributed by atoms with van der Waals surface area (Å²) in [5.41, 5.74) is 11.8. The van der Waals surface area contributed by atoms with Gasteiger partial charge in [-0.15, -0.1) is 11.3 Å². The van der Waals surface area contributed by atoms with Crippen LogP contribution in [0.25, 0.3) is 130 Å². The van der Waals surface area contributed by atoms with Gasteiger partial charge in [0.05, 0.1) is 0 Å². The molecule has 60 heavy (non-hydrogen) atoms. The molecule has 1 nitrogen and oxygen atoms in total. The molecule has 0 aliphatic carbocycles. The van der Waals surface area contributed by atoms with Crippen molar-refractivity contribution in [3.8, 4) is 44.5 Å². The fraction of sp³-hybridized carbons (Fsp3) is 0. The van der Waals surface area contributed by atoms with E-state index in [0.717, 1.165) is 27.5 Å². The van der Waals surface area contributed by atoms with Gasteiger partial charge in [0.2, 0.25) is 0 Å². The Bertz CT molecular complexity index is 3770. The molecule has 0 bridgehead atoms. The van der Waals surface area contributed by atoms with E-state index in [9.17, 15) is 0 Å². The van der Waals surface area contributed by atoms with E-state index in [4.69, 9.17) is 4.42 Å². The van der Waals surface area contributed by atoms with Gasteiger partial charge in [-0.2, -0.15) is 0 Å². The third kappa shape index (κ3) is 4.86. The van der Waals surface area contributed by atoms with Crippen molar-refractivity contribution in [2.75, 3.05) is 0 Å². The highest BCUT2D eigenvalue weighted by Crippen LogP contribution is 2.50. The lowest BCUT2D eigenvalue weighted by Crippen LogP contribution is -1.91. The van der Waals surface area contributed by atoms with E-state index in [1.54, 1.807) is 0 Å². The van der Waals surface area contributed by atoms with Crippen LogP contribution in [-0.4, -0.2) is 0 Å². The van der Waals surface area contributed by atoms with E-state index in [2.05, 4.69) is 200 Å². The fourth-order valence-electron chi connectivity index (χ4n) is 10.1. The lowest BCUT2D eigenvalue weighted by Gasteiger charge is -2.18. The van der Waals surface area contributed by atoms with Crippen LogP contribution < -0.4 is 0 Å². The Balaban J connectivity index is 1.04. The predicted octanol–water partition coefficient (Wildman–Crippen LogP) is 17.2. The minimum Gasteiger partial charge on any atom is -0.456 e. The Labute approximate surface area is 350 Å². The number of thiophene rings is 1. The van der Waals surface area contributed by atoms with Crippen molar-refractivity contribution < 1.29 is 4.42 Å². The molecule has 0 N–H and O–H groups in total. The summed E-state index contributed by atoms with van der Waals surface area (Å²) in [5, 5.41) is 14.9. The summed E-state index contributed by atoms with van der Waals surface area (Å²) in [6.07, 6.45) is 0. The van der Waals surface area contributed by atoms with Crippen LogP contribution in [0.1, 0.15) is 0 Å². The topological polar surface area (TPSA) is 13.1 Å². The van der Waals surface area contributed by atoms with Gasteiger partial charge in [-0.3, -0.25) is 0 Å². The largest absolute Gasteiger partial charge is 0.456 e. The molecule has 0 saturated carbocycles. The summed E-state index contributed by atoms with van der Waals surface area (Å²) in [6.45, 7) is 0. The molecule has 0 fully saturated rings. The van der Waals surface area contributed by atoms with Gasteiger partial charge in [0, 0.05) is 36.5 Å². The molecule has 0 aliphatic heterocycles. The monoisotopic (exact) mass is 778 g/mol. The van der Waals surface area contributed by atoms with Gasteiger partial charge in [0.1, 0.15) is 11.2 Å². The highest BCUT2D eigenvalue weighted by molar-refractivity contribution is 7.26. The van der Waals surface area contributed by atoms with Crippen LogP contribution in [0.5, 0.6) is 0 Å². The third-order valence-corrected chi connectivity index (χ3v) is 13.9. The molecular formula is C58H34OS. The minimum absolute atomic E-state index is 0.911. The molecule has 2 aromatic heterocycles. The number of rotatable bonds is 4. The van der Waals surface area contributed by atoms with Crippen molar-refractivity contribution in [3.05, 3.63) is 206 Å². The number of para-hydroxylation sites is 1. The van der Waals surface area contributed by atoms with Crippen LogP contribution in [0, 0.1) is 0 Å². The van der Waals surface area contributed by atoms with Gasteiger partial charge in [-0.25, -0.2) is 0 Å². The van der Waals surface area contributed by atoms with Crippen LogP contribution in [0.15, 0.2) is 211 Å². The zero-order valence-electron chi connectivity index (χ0n) is 32.4. The van der Waals surface area contributed by atoms with Gasteiger partial charge in [0.15, 0.2) is 0 Å². The number of furan rings is 1. The second-order valence-corrected chi connectivity index (χ2v) is 16.9. The Morgan fingerprint density at radius 2 is 0.700 bits per heavy atom. The zero-order valence-corrected chi connectivity index (χ0v) is 33.3. The maximum atomic E-state index is 6.41. The van der Waals surface area contributed by atoms with Crippen molar-refractivity contribution in [2.24, 2.45) is 0 Å². The first kappa shape index (κ1) is 33.5. The lowest BCUT2D eigenvalue weighted by atomic mass is 9.85. The van der Waals surface area contributed by atoms with Crippen LogP contribution in [0.4, 0.5) is 0 Å². The smallest absolute Gasteiger partial charge is 0.136 e. The summed E-state index contributed by atoms with van der Waals surface area (Å²) < 4.78 is 9.01. The van der Waals surface area contributed by atoms with Crippen molar-refractivity contribution >= 4 is 96.5 Å². The van der Waals surface area contributed by atoms with Crippen molar-refractivity contribution in [1.82, 2.24) is 0 Å². The first-order chi connectivity index (χ1) is 29.8. The SMILES string of the molecule is c1ccc(-c2c3ccccc3c(-c3ccc4c(c3)sc3c(-c5c6ccccc6c(-c6ccc7c(c6)oc6ccccc67)c6ccccc56)cccc34)c3ccccc23)cc1. The Kier molecular flexibility index (Phi) is 7.24. The van der Waals surface area contributed by atoms with Gasteiger partial charge < -0.3 is 4.42 Å². The number of benzene rings is 11. The summed E-state index contributed by atoms with van der Waals surface area (Å²) in [5.74, 6) is 0. The van der Waals surface area contributed by atoms with Crippen LogP contribution in [0.2, 0.25) is 0 Å². The average Bonchev–Trinajstić information content (AvgIpc) is 3.88. The molecule has 2 heteroatoms. The summed E-state index contributed by atoms with van der Waals surface area (Å²) in [6, 6.07) is 75.6. The van der Waals surface area contributed by atoms with E-state index in [0.29, 0.717) is 0 Å². The standard InChI is InChI=1S/C58H34OS/c1-2-15-35(16-3-1)54-41-18-4-6-20-43(41)56(44-21-7-5-19-42(44)54)37-30-32-40-49-26-14-27-50(58(49)60-53(40)34-37)57-47-24-10-8-22-45(47)55(46-23-9-11-25-48(46)57)36-29-31-39-38-17-12-13-28-51(38)59-52(39)33-36/h1-34H. The molecule has 0 amide bonds. The molecule has 0 spiro atoms. The number of fused-ring (bicyclic) bond motifs is 10. The molecule has 278 valence electrons. The first-order valence-electron chi connectivity index (χ1n) is 20.6. The maximum Gasteiger partial charge on any atom is 0.136 e. The van der Waals surface area contributed by atoms with Crippen LogP contribution >= 0.6 is 11.3 Å². The molecule has 0 saturated heterocycles. The predicted molar refractivity (Wildman–Crippen MR) is 258 cm³/mol. The van der Waals surface area contributed by atoms with Gasteiger partial charge in [0.25, 0.3) is 0 Å². The summed E-state index contributed by atoms with van der Waals surface area (Å²) in [7, 11) is 0. The van der Waals surface area contributed by atoms with E-state index >= 15 is 0 Å². The second-order valence-electron chi connectivity index (χ2n) is 15.9. The maximum absolute atomic E-state index is 6.41. The molecule has 0 aliphatic rings. The molecule has 11 aromatic carbocycles.